The summed E-state index contributed by atoms with van der Waals surface area (Å²) in [5.74, 6) is 2.20. The van der Waals surface area contributed by atoms with Crippen LogP contribution in [0.4, 0.5) is 0 Å². The Balaban J connectivity index is 2.00. The van der Waals surface area contributed by atoms with Gasteiger partial charge in [-0.2, -0.15) is 0 Å². The van der Waals surface area contributed by atoms with Crippen molar-refractivity contribution in [2.45, 2.75) is 39.0 Å². The van der Waals surface area contributed by atoms with E-state index in [9.17, 15) is 5.11 Å². The average Bonchev–Trinajstić information content (AvgIpc) is 2.71. The third-order valence-corrected chi connectivity index (χ3v) is 4.68. The molecule has 5 nitrogen and oxygen atoms in total. The van der Waals surface area contributed by atoms with Crippen molar-refractivity contribution in [1.29, 1.82) is 0 Å². The van der Waals surface area contributed by atoms with Gasteiger partial charge in [-0.15, -0.1) is 0 Å². The molecule has 0 unspecified atom stereocenters. The number of rotatable bonds is 11. The molecule has 0 radical (unpaired) electrons. The van der Waals surface area contributed by atoms with Crippen LogP contribution in [0.1, 0.15) is 25.8 Å². The van der Waals surface area contributed by atoms with E-state index in [4.69, 9.17) is 14.2 Å². The highest BCUT2D eigenvalue weighted by Gasteiger charge is 2.18. The van der Waals surface area contributed by atoms with Gasteiger partial charge in [-0.05, 0) is 43.2 Å². The predicted octanol–water partition coefficient (Wildman–Crippen LogP) is 3.74. The second-order valence-electron chi connectivity index (χ2n) is 6.65. The van der Waals surface area contributed by atoms with Crippen LogP contribution in [0.5, 0.6) is 17.2 Å². The molecule has 2 rings (SSSR count). The fraction of sp³-hybridized carbons (Fsp3) is 0.455. The van der Waals surface area contributed by atoms with Gasteiger partial charge in [0.05, 0.1) is 14.2 Å². The van der Waals surface area contributed by atoms with Gasteiger partial charge in [0.15, 0.2) is 11.5 Å². The van der Waals surface area contributed by atoms with Crippen LogP contribution < -0.4 is 14.2 Å². The number of nitrogens with zero attached hydrogens (tertiary/aromatic N) is 1. The zero-order valence-corrected chi connectivity index (χ0v) is 16.7. The smallest absolute Gasteiger partial charge is 0.161 e. The fourth-order valence-corrected chi connectivity index (χ4v) is 2.90. The molecule has 0 amide bonds. The number of hydrogen-bond acceptors (Lipinski definition) is 5. The maximum Gasteiger partial charge on any atom is 0.161 e. The van der Waals surface area contributed by atoms with E-state index in [1.807, 2.05) is 48.5 Å². The van der Waals surface area contributed by atoms with Crippen LogP contribution in [-0.4, -0.2) is 49.5 Å². The van der Waals surface area contributed by atoms with Crippen molar-refractivity contribution in [3.63, 3.8) is 0 Å². The van der Waals surface area contributed by atoms with Gasteiger partial charge < -0.3 is 19.3 Å². The monoisotopic (exact) mass is 373 g/mol. The van der Waals surface area contributed by atoms with Crippen molar-refractivity contribution in [2.75, 3.05) is 27.4 Å². The minimum absolute atomic E-state index is 0.267. The number of methoxy groups -OCH3 is 2. The Morgan fingerprint density at radius 1 is 1.00 bits per heavy atom. The largest absolute Gasteiger partial charge is 0.493 e. The van der Waals surface area contributed by atoms with Gasteiger partial charge in [-0.25, -0.2) is 0 Å². The SMILES string of the molecule is CC[C@@H](C)N(Cc1ccc(OC)c(OC)c1)C[C@@H](O)COc1ccccc1. The standard InChI is InChI=1S/C22H31NO4/c1-5-17(2)23(14-18-11-12-21(25-3)22(13-18)26-4)15-19(24)16-27-20-9-7-6-8-10-20/h6-13,17,19,24H,5,14-16H2,1-4H3/t17-,19-/m1/s1. The molecule has 2 atom stereocenters. The maximum atomic E-state index is 10.5. The van der Waals surface area contributed by atoms with Gasteiger partial charge in [0, 0.05) is 19.1 Å². The van der Waals surface area contributed by atoms with E-state index >= 15 is 0 Å². The van der Waals surface area contributed by atoms with Crippen molar-refractivity contribution in [3.05, 3.63) is 54.1 Å². The van der Waals surface area contributed by atoms with Crippen molar-refractivity contribution < 1.29 is 19.3 Å². The third-order valence-electron chi connectivity index (χ3n) is 4.68. The van der Waals surface area contributed by atoms with E-state index in [1.54, 1.807) is 14.2 Å². The summed E-state index contributed by atoms with van der Waals surface area (Å²) in [6.07, 6.45) is 0.430. The zero-order chi connectivity index (χ0) is 19.6. The Morgan fingerprint density at radius 3 is 2.33 bits per heavy atom. The molecule has 0 aliphatic rings. The minimum atomic E-state index is -0.570. The van der Waals surface area contributed by atoms with Crippen LogP contribution in [-0.2, 0) is 6.54 Å². The number of aliphatic hydroxyl groups is 1. The van der Waals surface area contributed by atoms with Crippen LogP contribution in [0.15, 0.2) is 48.5 Å². The van der Waals surface area contributed by atoms with Gasteiger partial charge >= 0.3 is 0 Å². The highest BCUT2D eigenvalue weighted by Crippen LogP contribution is 2.28. The molecule has 0 aromatic heterocycles. The number of benzene rings is 2. The van der Waals surface area contributed by atoms with Crippen LogP contribution >= 0.6 is 0 Å². The summed E-state index contributed by atoms with van der Waals surface area (Å²) < 4.78 is 16.4. The van der Waals surface area contributed by atoms with Crippen LogP contribution in [0.25, 0.3) is 0 Å². The van der Waals surface area contributed by atoms with E-state index in [1.165, 1.54) is 0 Å². The Labute approximate surface area is 162 Å². The molecule has 0 saturated carbocycles. The molecular weight excluding hydrogens is 342 g/mol. The van der Waals surface area contributed by atoms with Crippen molar-refractivity contribution in [2.24, 2.45) is 0 Å². The van der Waals surface area contributed by atoms with E-state index in [-0.39, 0.29) is 6.61 Å². The van der Waals surface area contributed by atoms with E-state index in [0.29, 0.717) is 24.1 Å². The van der Waals surface area contributed by atoms with Crippen molar-refractivity contribution in [1.82, 2.24) is 4.90 Å². The molecule has 0 saturated heterocycles. The van der Waals surface area contributed by atoms with E-state index in [2.05, 4.69) is 18.7 Å². The first-order chi connectivity index (χ1) is 13.1. The van der Waals surface area contributed by atoms with Crippen LogP contribution in [0, 0.1) is 0 Å². The Bertz CT molecular complexity index is 677. The molecule has 0 fully saturated rings. The Hall–Kier alpha value is -2.24. The molecule has 0 aliphatic carbocycles. The average molecular weight is 373 g/mol. The normalized spacial score (nSPS) is 13.3. The number of hydrogen-bond donors (Lipinski definition) is 1. The van der Waals surface area contributed by atoms with Crippen molar-refractivity contribution in [3.8, 4) is 17.2 Å². The molecule has 0 bridgehead atoms. The van der Waals surface area contributed by atoms with Crippen LogP contribution in [0.3, 0.4) is 0 Å². The lowest BCUT2D eigenvalue weighted by Crippen LogP contribution is -2.40. The molecule has 148 valence electrons. The first-order valence-corrected chi connectivity index (χ1v) is 9.38. The highest BCUT2D eigenvalue weighted by atomic mass is 16.5. The Morgan fingerprint density at radius 2 is 1.70 bits per heavy atom. The summed E-state index contributed by atoms with van der Waals surface area (Å²) in [6.45, 7) is 5.85. The summed E-state index contributed by atoms with van der Waals surface area (Å²) >= 11 is 0. The molecule has 27 heavy (non-hydrogen) atoms. The molecule has 2 aromatic carbocycles. The molecule has 0 aliphatic heterocycles. The second-order valence-corrected chi connectivity index (χ2v) is 6.65. The van der Waals surface area contributed by atoms with Gasteiger partial charge in [-0.1, -0.05) is 31.2 Å². The lowest BCUT2D eigenvalue weighted by atomic mass is 10.1. The van der Waals surface area contributed by atoms with Gasteiger partial charge in [0.25, 0.3) is 0 Å². The first kappa shape index (κ1) is 21.1. The first-order valence-electron chi connectivity index (χ1n) is 9.38. The molecule has 1 N–H and O–H groups in total. The molecule has 5 heteroatoms. The van der Waals surface area contributed by atoms with E-state index in [0.717, 1.165) is 24.3 Å². The highest BCUT2D eigenvalue weighted by molar-refractivity contribution is 5.42. The molecule has 0 spiro atoms. The Kier molecular flexibility index (Phi) is 8.43. The quantitative estimate of drug-likeness (QED) is 0.650. The van der Waals surface area contributed by atoms with Crippen LogP contribution in [0.2, 0.25) is 0 Å². The minimum Gasteiger partial charge on any atom is -0.493 e. The number of para-hydroxylation sites is 1. The molecular formula is C22H31NO4. The lowest BCUT2D eigenvalue weighted by molar-refractivity contribution is 0.0506. The molecule has 0 heterocycles. The summed E-state index contributed by atoms with van der Waals surface area (Å²) in [7, 11) is 3.27. The lowest BCUT2D eigenvalue weighted by Gasteiger charge is -2.30. The predicted molar refractivity (Wildman–Crippen MR) is 108 cm³/mol. The topological polar surface area (TPSA) is 51.2 Å². The van der Waals surface area contributed by atoms with Gasteiger partial charge in [0.1, 0.15) is 18.5 Å². The van der Waals surface area contributed by atoms with E-state index < -0.39 is 6.10 Å². The fourth-order valence-electron chi connectivity index (χ4n) is 2.90. The summed E-state index contributed by atoms with van der Waals surface area (Å²) in [5.41, 5.74) is 1.11. The van der Waals surface area contributed by atoms with Gasteiger partial charge in [0.2, 0.25) is 0 Å². The summed E-state index contributed by atoms with van der Waals surface area (Å²) in [6, 6.07) is 15.8. The summed E-state index contributed by atoms with van der Waals surface area (Å²) in [4.78, 5) is 2.26. The maximum absolute atomic E-state index is 10.5. The third kappa shape index (κ3) is 6.45. The summed E-state index contributed by atoms with van der Waals surface area (Å²) in [5, 5.41) is 10.5. The van der Waals surface area contributed by atoms with Gasteiger partial charge in [-0.3, -0.25) is 4.90 Å². The zero-order valence-electron chi connectivity index (χ0n) is 16.7. The number of aliphatic hydroxyl groups excluding tert-OH is 1. The molecule has 2 aromatic rings. The number of ether oxygens (including phenoxy) is 3. The second kappa shape index (κ2) is 10.8. The van der Waals surface area contributed by atoms with Crippen molar-refractivity contribution >= 4 is 0 Å².